The van der Waals surface area contributed by atoms with Gasteiger partial charge < -0.3 is 9.47 Å². The molecule has 0 rings (SSSR count). The standard InChI is InChI=1S/C19H26F4O4/c1-5-7-14(4)15(11-10-13(2)3)27-17(25)9-6-8-16(24)26-12-19(22,23)18(20)21/h14-15,18H,2,5-9,12H2,1,3-4H3. The highest BCUT2D eigenvalue weighted by Gasteiger charge is 2.42. The van der Waals surface area contributed by atoms with E-state index >= 15 is 0 Å². The van der Waals surface area contributed by atoms with Gasteiger partial charge in [0.15, 0.2) is 12.7 Å². The van der Waals surface area contributed by atoms with E-state index in [-0.39, 0.29) is 25.2 Å². The Balaban J connectivity index is 4.41. The Morgan fingerprint density at radius 2 is 1.78 bits per heavy atom. The van der Waals surface area contributed by atoms with E-state index in [2.05, 4.69) is 23.2 Å². The van der Waals surface area contributed by atoms with Gasteiger partial charge in [0.25, 0.3) is 0 Å². The van der Waals surface area contributed by atoms with E-state index in [4.69, 9.17) is 4.74 Å². The minimum absolute atomic E-state index is 0.00680. The second kappa shape index (κ2) is 12.4. The summed E-state index contributed by atoms with van der Waals surface area (Å²) in [5, 5.41) is 0. The second-order valence-electron chi connectivity index (χ2n) is 6.30. The largest absolute Gasteiger partial charge is 0.459 e. The first-order valence-electron chi connectivity index (χ1n) is 8.67. The predicted octanol–water partition coefficient (Wildman–Crippen LogP) is 4.53. The number of halogens is 4. The van der Waals surface area contributed by atoms with E-state index in [1.54, 1.807) is 6.92 Å². The van der Waals surface area contributed by atoms with Crippen molar-refractivity contribution in [2.75, 3.05) is 6.61 Å². The maximum atomic E-state index is 12.6. The van der Waals surface area contributed by atoms with Gasteiger partial charge in [-0.15, -0.1) is 0 Å². The summed E-state index contributed by atoms with van der Waals surface area (Å²) in [6, 6.07) is 0. The molecule has 0 aromatic heterocycles. The van der Waals surface area contributed by atoms with Crippen LogP contribution in [0.4, 0.5) is 17.6 Å². The Bertz CT molecular complexity index is 564. The zero-order valence-corrected chi connectivity index (χ0v) is 15.8. The molecular weight excluding hydrogens is 368 g/mol. The highest BCUT2D eigenvalue weighted by molar-refractivity contribution is 5.72. The van der Waals surface area contributed by atoms with Gasteiger partial charge in [-0.25, -0.2) is 8.78 Å². The molecule has 0 bridgehead atoms. The highest BCUT2D eigenvalue weighted by Crippen LogP contribution is 2.23. The van der Waals surface area contributed by atoms with Crippen LogP contribution in [0, 0.1) is 17.8 Å². The van der Waals surface area contributed by atoms with Gasteiger partial charge in [0.1, 0.15) is 0 Å². The molecule has 154 valence electrons. The van der Waals surface area contributed by atoms with Crippen molar-refractivity contribution in [1.29, 1.82) is 0 Å². The molecule has 0 aliphatic heterocycles. The van der Waals surface area contributed by atoms with Gasteiger partial charge in [0.05, 0.1) is 0 Å². The van der Waals surface area contributed by atoms with Gasteiger partial charge in [-0.05, 0) is 25.3 Å². The molecule has 0 aliphatic carbocycles. The third kappa shape index (κ3) is 11.3. The topological polar surface area (TPSA) is 52.6 Å². The van der Waals surface area contributed by atoms with Crippen LogP contribution in [0.5, 0.6) is 0 Å². The molecule has 0 fully saturated rings. The second-order valence-corrected chi connectivity index (χ2v) is 6.30. The fourth-order valence-electron chi connectivity index (χ4n) is 1.98. The summed E-state index contributed by atoms with van der Waals surface area (Å²) in [6.45, 7) is 7.58. The zero-order chi connectivity index (χ0) is 21.0. The lowest BCUT2D eigenvalue weighted by Gasteiger charge is -2.19. The Morgan fingerprint density at radius 3 is 2.30 bits per heavy atom. The smallest absolute Gasteiger partial charge is 0.340 e. The van der Waals surface area contributed by atoms with E-state index in [0.29, 0.717) is 5.57 Å². The number of ether oxygens (including phenoxy) is 2. The van der Waals surface area contributed by atoms with Crippen LogP contribution in [0.2, 0.25) is 0 Å². The lowest BCUT2D eigenvalue weighted by Crippen LogP contribution is -2.33. The summed E-state index contributed by atoms with van der Waals surface area (Å²) in [4.78, 5) is 23.2. The van der Waals surface area contributed by atoms with Crippen molar-refractivity contribution in [3.63, 3.8) is 0 Å². The summed E-state index contributed by atoms with van der Waals surface area (Å²) in [5.74, 6) is -0.439. The van der Waals surface area contributed by atoms with Crippen LogP contribution >= 0.6 is 0 Å². The zero-order valence-electron chi connectivity index (χ0n) is 15.8. The first kappa shape index (κ1) is 25.0. The minimum atomic E-state index is -4.39. The van der Waals surface area contributed by atoms with Crippen molar-refractivity contribution in [2.24, 2.45) is 5.92 Å². The van der Waals surface area contributed by atoms with E-state index in [1.165, 1.54) is 0 Å². The molecule has 0 amide bonds. The molecule has 0 aromatic rings. The van der Waals surface area contributed by atoms with Gasteiger partial charge in [0.2, 0.25) is 0 Å². The molecule has 8 heteroatoms. The van der Waals surface area contributed by atoms with Gasteiger partial charge in [-0.1, -0.05) is 38.7 Å². The number of rotatable bonds is 11. The van der Waals surface area contributed by atoms with Crippen molar-refractivity contribution < 1.29 is 36.6 Å². The monoisotopic (exact) mass is 394 g/mol. The molecule has 4 nitrogen and oxygen atoms in total. The SMILES string of the molecule is C=C(C)C#CC(OC(=O)CCCC(=O)OCC(F)(F)C(F)F)C(C)CCC. The molecule has 2 unspecified atom stereocenters. The number of hydrogen-bond acceptors (Lipinski definition) is 4. The summed E-state index contributed by atoms with van der Waals surface area (Å²) >= 11 is 0. The van der Waals surface area contributed by atoms with Gasteiger partial charge in [-0.2, -0.15) is 8.78 Å². The fraction of sp³-hybridized carbons (Fsp3) is 0.684. The number of alkyl halides is 4. The van der Waals surface area contributed by atoms with E-state index in [1.807, 2.05) is 13.8 Å². The summed E-state index contributed by atoms with van der Waals surface area (Å²) in [7, 11) is 0. The molecule has 2 atom stereocenters. The third-order valence-electron chi connectivity index (χ3n) is 3.45. The molecule has 0 N–H and O–H groups in total. The van der Waals surface area contributed by atoms with Crippen LogP contribution in [0.15, 0.2) is 12.2 Å². The molecule has 27 heavy (non-hydrogen) atoms. The summed E-state index contributed by atoms with van der Waals surface area (Å²) in [5.41, 5.74) is 0.628. The van der Waals surface area contributed by atoms with Gasteiger partial charge in [-0.3, -0.25) is 9.59 Å². The van der Waals surface area contributed by atoms with Crippen molar-refractivity contribution in [1.82, 2.24) is 0 Å². The van der Waals surface area contributed by atoms with Crippen molar-refractivity contribution in [3.05, 3.63) is 12.2 Å². The van der Waals surface area contributed by atoms with Crippen LogP contribution in [-0.2, 0) is 19.1 Å². The maximum Gasteiger partial charge on any atom is 0.340 e. The lowest BCUT2D eigenvalue weighted by atomic mass is 9.99. The molecule has 0 heterocycles. The first-order chi connectivity index (χ1) is 12.5. The van der Waals surface area contributed by atoms with E-state index in [9.17, 15) is 27.2 Å². The van der Waals surface area contributed by atoms with Crippen LogP contribution in [0.3, 0.4) is 0 Å². The average molecular weight is 394 g/mol. The predicted molar refractivity (Wildman–Crippen MR) is 92.3 cm³/mol. The number of carbonyl (C=O) groups excluding carboxylic acids is 2. The number of carbonyl (C=O) groups is 2. The average Bonchev–Trinajstić information content (AvgIpc) is 2.56. The normalized spacial score (nSPS) is 13.3. The quantitative estimate of drug-likeness (QED) is 0.294. The maximum absolute atomic E-state index is 12.6. The molecular formula is C19H26F4O4. The number of esters is 2. The molecule has 0 saturated heterocycles. The third-order valence-corrected chi connectivity index (χ3v) is 3.45. The van der Waals surface area contributed by atoms with E-state index in [0.717, 1.165) is 12.8 Å². The summed E-state index contributed by atoms with van der Waals surface area (Å²) in [6.07, 6.45) is -3.37. The van der Waals surface area contributed by atoms with Crippen molar-refractivity contribution in [2.45, 2.75) is 71.3 Å². The molecule has 0 aromatic carbocycles. The van der Waals surface area contributed by atoms with E-state index < -0.39 is 37.0 Å². The van der Waals surface area contributed by atoms with Crippen molar-refractivity contribution in [3.8, 4) is 11.8 Å². The van der Waals surface area contributed by atoms with Gasteiger partial charge in [0, 0.05) is 18.8 Å². The van der Waals surface area contributed by atoms with Crippen LogP contribution < -0.4 is 0 Å². The Hall–Kier alpha value is -2.04. The molecule has 0 aliphatic rings. The van der Waals surface area contributed by atoms with Crippen LogP contribution in [0.1, 0.15) is 52.9 Å². The minimum Gasteiger partial charge on any atom is -0.459 e. The Labute approximate surface area is 157 Å². The molecule has 0 radical (unpaired) electrons. The Morgan fingerprint density at radius 1 is 1.19 bits per heavy atom. The van der Waals surface area contributed by atoms with Crippen LogP contribution in [0.25, 0.3) is 0 Å². The van der Waals surface area contributed by atoms with Crippen LogP contribution in [-0.4, -0.2) is 37.0 Å². The Kier molecular flexibility index (Phi) is 11.4. The molecule has 0 spiro atoms. The highest BCUT2D eigenvalue weighted by atomic mass is 19.3. The number of hydrogen-bond donors (Lipinski definition) is 0. The lowest BCUT2D eigenvalue weighted by molar-refractivity contribution is -0.179. The molecule has 0 saturated carbocycles. The van der Waals surface area contributed by atoms with Crippen molar-refractivity contribution >= 4 is 11.9 Å². The first-order valence-corrected chi connectivity index (χ1v) is 8.67. The van der Waals surface area contributed by atoms with Gasteiger partial charge >= 0.3 is 24.3 Å². The summed E-state index contributed by atoms with van der Waals surface area (Å²) < 4.78 is 58.6. The fourth-order valence-corrected chi connectivity index (χ4v) is 1.98. The number of allylic oxidation sites excluding steroid dienone is 1.